The average Bonchev–Trinajstić information content (AvgIpc) is 3.21. The van der Waals surface area contributed by atoms with Gasteiger partial charge < -0.3 is 9.15 Å². The molecular weight excluding hydrogens is 368 g/mol. The summed E-state index contributed by atoms with van der Waals surface area (Å²) in [5.74, 6) is 2.25. The Bertz CT molecular complexity index is 1010. The molecular formula is C23H20N2O2S. The van der Waals surface area contributed by atoms with Gasteiger partial charge in [-0.05, 0) is 34.4 Å². The molecule has 0 atom stereocenters. The fourth-order valence-electron chi connectivity index (χ4n) is 2.86. The molecule has 0 saturated heterocycles. The van der Waals surface area contributed by atoms with Crippen molar-refractivity contribution in [2.45, 2.75) is 17.4 Å². The molecule has 140 valence electrons. The molecule has 4 aromatic rings. The van der Waals surface area contributed by atoms with Crippen LogP contribution in [-0.4, -0.2) is 17.3 Å². The van der Waals surface area contributed by atoms with Gasteiger partial charge in [0.15, 0.2) is 0 Å². The molecule has 0 amide bonds. The lowest BCUT2D eigenvalue weighted by molar-refractivity contribution is 0.413. The van der Waals surface area contributed by atoms with Gasteiger partial charge in [-0.3, -0.25) is 0 Å². The summed E-state index contributed by atoms with van der Waals surface area (Å²) in [7, 11) is 1.66. The molecule has 0 aliphatic carbocycles. The summed E-state index contributed by atoms with van der Waals surface area (Å²) in [5.41, 5.74) is 4.77. The van der Waals surface area contributed by atoms with Gasteiger partial charge in [0.05, 0.1) is 13.5 Å². The zero-order chi connectivity index (χ0) is 19.2. The van der Waals surface area contributed by atoms with Crippen molar-refractivity contribution < 1.29 is 9.15 Å². The van der Waals surface area contributed by atoms with Crippen molar-refractivity contribution >= 4 is 11.8 Å². The molecule has 0 N–H and O–H groups in total. The fraction of sp³-hybridized carbons (Fsp3) is 0.130. The van der Waals surface area contributed by atoms with Crippen molar-refractivity contribution in [3.63, 3.8) is 0 Å². The Kier molecular flexibility index (Phi) is 5.73. The maximum Gasteiger partial charge on any atom is 0.276 e. The minimum atomic E-state index is 0.593. The third-order valence-corrected chi connectivity index (χ3v) is 5.28. The Morgan fingerprint density at radius 1 is 0.786 bits per heavy atom. The molecule has 0 aliphatic rings. The number of hydrogen-bond donors (Lipinski definition) is 0. The van der Waals surface area contributed by atoms with E-state index in [1.54, 1.807) is 18.9 Å². The normalized spacial score (nSPS) is 10.8. The van der Waals surface area contributed by atoms with E-state index in [1.807, 2.05) is 30.3 Å². The standard InChI is InChI=1S/C23H20N2O2S/c1-26-21-13-9-17(10-14-21)15-22-24-25-23(27-22)28-16-18-7-11-20(12-8-18)19-5-3-2-4-6-19/h2-14H,15-16H2,1H3. The van der Waals surface area contributed by atoms with Crippen LogP contribution in [-0.2, 0) is 12.2 Å². The Balaban J connectivity index is 1.34. The highest BCUT2D eigenvalue weighted by Crippen LogP contribution is 2.25. The number of ether oxygens (including phenoxy) is 1. The second-order valence-electron chi connectivity index (χ2n) is 6.34. The summed E-state index contributed by atoms with van der Waals surface area (Å²) in [6.07, 6.45) is 0.614. The van der Waals surface area contributed by atoms with Crippen molar-refractivity contribution in [1.29, 1.82) is 0 Å². The average molecular weight is 388 g/mol. The third kappa shape index (κ3) is 4.61. The Labute approximate surface area is 168 Å². The molecule has 0 saturated carbocycles. The van der Waals surface area contributed by atoms with Crippen LogP contribution < -0.4 is 4.74 Å². The smallest absolute Gasteiger partial charge is 0.276 e. The quantitative estimate of drug-likeness (QED) is 0.384. The number of nitrogens with zero attached hydrogens (tertiary/aromatic N) is 2. The van der Waals surface area contributed by atoms with Gasteiger partial charge in [-0.2, -0.15) is 0 Å². The highest BCUT2D eigenvalue weighted by molar-refractivity contribution is 7.98. The van der Waals surface area contributed by atoms with Crippen molar-refractivity contribution in [2.24, 2.45) is 0 Å². The molecule has 0 spiro atoms. The summed E-state index contributed by atoms with van der Waals surface area (Å²) < 4.78 is 10.9. The van der Waals surface area contributed by atoms with Crippen LogP contribution in [0, 0.1) is 0 Å². The molecule has 4 nitrogen and oxygen atoms in total. The van der Waals surface area contributed by atoms with Crippen molar-refractivity contribution in [3.8, 4) is 16.9 Å². The van der Waals surface area contributed by atoms with Crippen LogP contribution >= 0.6 is 11.8 Å². The monoisotopic (exact) mass is 388 g/mol. The number of aromatic nitrogens is 2. The van der Waals surface area contributed by atoms with Gasteiger partial charge in [0.2, 0.25) is 5.89 Å². The molecule has 3 aromatic carbocycles. The highest BCUT2D eigenvalue weighted by Gasteiger charge is 2.08. The predicted octanol–water partition coefficient (Wildman–Crippen LogP) is 5.63. The number of methoxy groups -OCH3 is 1. The molecule has 0 radical (unpaired) electrons. The SMILES string of the molecule is COc1ccc(Cc2nnc(SCc3ccc(-c4ccccc4)cc3)o2)cc1. The maximum atomic E-state index is 5.77. The van der Waals surface area contributed by atoms with Crippen molar-refractivity contribution in [3.05, 3.63) is 95.9 Å². The molecule has 0 fully saturated rings. The first-order chi connectivity index (χ1) is 13.8. The van der Waals surface area contributed by atoms with Crippen LogP contribution in [0.5, 0.6) is 5.75 Å². The molecule has 4 rings (SSSR count). The zero-order valence-corrected chi connectivity index (χ0v) is 16.4. The van der Waals surface area contributed by atoms with Gasteiger partial charge in [0.25, 0.3) is 5.22 Å². The van der Waals surface area contributed by atoms with E-state index in [0.717, 1.165) is 17.1 Å². The molecule has 28 heavy (non-hydrogen) atoms. The van der Waals surface area contributed by atoms with Crippen LogP contribution in [0.3, 0.4) is 0 Å². The summed E-state index contributed by atoms with van der Waals surface area (Å²) in [5, 5.41) is 8.89. The lowest BCUT2D eigenvalue weighted by Crippen LogP contribution is -1.89. The Morgan fingerprint density at radius 2 is 1.46 bits per heavy atom. The molecule has 1 aromatic heterocycles. The highest BCUT2D eigenvalue weighted by atomic mass is 32.2. The van der Waals surface area contributed by atoms with E-state index in [4.69, 9.17) is 9.15 Å². The van der Waals surface area contributed by atoms with Crippen LogP contribution in [0.25, 0.3) is 11.1 Å². The number of rotatable bonds is 7. The van der Waals surface area contributed by atoms with E-state index in [9.17, 15) is 0 Å². The first-order valence-electron chi connectivity index (χ1n) is 9.02. The van der Waals surface area contributed by atoms with Crippen molar-refractivity contribution in [1.82, 2.24) is 10.2 Å². The van der Waals surface area contributed by atoms with Gasteiger partial charge in [0, 0.05) is 5.75 Å². The number of hydrogen-bond acceptors (Lipinski definition) is 5. The Hall–Kier alpha value is -3.05. The number of benzene rings is 3. The summed E-state index contributed by atoms with van der Waals surface area (Å²) in [6, 6.07) is 26.8. The topological polar surface area (TPSA) is 48.2 Å². The molecule has 1 heterocycles. The fourth-order valence-corrected chi connectivity index (χ4v) is 3.59. The maximum absolute atomic E-state index is 5.77. The summed E-state index contributed by atoms with van der Waals surface area (Å²) >= 11 is 1.55. The van der Waals surface area contributed by atoms with Crippen LogP contribution in [0.15, 0.2) is 88.5 Å². The van der Waals surface area contributed by atoms with E-state index < -0.39 is 0 Å². The van der Waals surface area contributed by atoms with Gasteiger partial charge >= 0.3 is 0 Å². The third-order valence-electron chi connectivity index (χ3n) is 4.39. The zero-order valence-electron chi connectivity index (χ0n) is 15.5. The first kappa shape index (κ1) is 18.3. The van der Waals surface area contributed by atoms with E-state index >= 15 is 0 Å². The van der Waals surface area contributed by atoms with Crippen molar-refractivity contribution in [2.75, 3.05) is 7.11 Å². The van der Waals surface area contributed by atoms with E-state index in [1.165, 1.54) is 16.7 Å². The minimum Gasteiger partial charge on any atom is -0.497 e. The Morgan fingerprint density at radius 3 is 2.18 bits per heavy atom. The predicted molar refractivity (Wildman–Crippen MR) is 112 cm³/mol. The molecule has 5 heteroatoms. The van der Waals surface area contributed by atoms with Gasteiger partial charge in [0.1, 0.15) is 5.75 Å². The molecule has 0 unspecified atom stereocenters. The second-order valence-corrected chi connectivity index (χ2v) is 7.26. The van der Waals surface area contributed by atoms with E-state index in [0.29, 0.717) is 17.5 Å². The molecule has 0 aliphatic heterocycles. The summed E-state index contributed by atoms with van der Waals surface area (Å²) in [6.45, 7) is 0. The molecule has 0 bridgehead atoms. The largest absolute Gasteiger partial charge is 0.497 e. The van der Waals surface area contributed by atoms with E-state index in [-0.39, 0.29) is 0 Å². The van der Waals surface area contributed by atoms with E-state index in [2.05, 4.69) is 58.7 Å². The first-order valence-corrected chi connectivity index (χ1v) is 10.0. The van der Waals surface area contributed by atoms with Gasteiger partial charge in [-0.25, -0.2) is 0 Å². The van der Waals surface area contributed by atoms with Crippen LogP contribution in [0.1, 0.15) is 17.0 Å². The van der Waals surface area contributed by atoms with Gasteiger partial charge in [-0.15, -0.1) is 10.2 Å². The van der Waals surface area contributed by atoms with Crippen LogP contribution in [0.4, 0.5) is 0 Å². The number of thioether (sulfide) groups is 1. The minimum absolute atomic E-state index is 0.593. The van der Waals surface area contributed by atoms with Crippen LogP contribution in [0.2, 0.25) is 0 Å². The lowest BCUT2D eigenvalue weighted by atomic mass is 10.0. The van der Waals surface area contributed by atoms with Gasteiger partial charge in [-0.1, -0.05) is 78.5 Å². The summed E-state index contributed by atoms with van der Waals surface area (Å²) in [4.78, 5) is 0. The lowest BCUT2D eigenvalue weighted by Gasteiger charge is -2.03. The second kappa shape index (κ2) is 8.76.